The number of hydrogen-bond acceptors (Lipinski definition) is 3. The molecule has 5 heteroatoms. The van der Waals surface area contributed by atoms with Crippen molar-refractivity contribution in [1.29, 1.82) is 0 Å². The molecule has 0 bridgehead atoms. The zero-order valence-electron chi connectivity index (χ0n) is 19.7. The molecular formula is C28H35N3O2. The summed E-state index contributed by atoms with van der Waals surface area (Å²) in [4.78, 5) is 32.9. The summed E-state index contributed by atoms with van der Waals surface area (Å²) < 4.78 is 0. The molecule has 174 valence electrons. The maximum absolute atomic E-state index is 13.1. The predicted molar refractivity (Wildman–Crippen MR) is 130 cm³/mol. The lowest BCUT2D eigenvalue weighted by atomic mass is 10.0. The Balaban J connectivity index is 1.19. The fraction of sp³-hybridized carbons (Fsp3) is 0.500. The van der Waals surface area contributed by atoms with Crippen LogP contribution in [-0.4, -0.2) is 64.8 Å². The molecule has 3 aliphatic rings. The van der Waals surface area contributed by atoms with E-state index in [1.54, 1.807) is 0 Å². The van der Waals surface area contributed by atoms with Crippen molar-refractivity contribution >= 4 is 11.8 Å². The van der Waals surface area contributed by atoms with Gasteiger partial charge < -0.3 is 9.80 Å². The molecule has 0 radical (unpaired) electrons. The summed E-state index contributed by atoms with van der Waals surface area (Å²) in [5, 5.41) is 0. The van der Waals surface area contributed by atoms with Crippen molar-refractivity contribution in [2.45, 2.75) is 57.7 Å². The Morgan fingerprint density at radius 1 is 0.879 bits per heavy atom. The Bertz CT molecular complexity index is 980. The van der Waals surface area contributed by atoms with Crippen LogP contribution in [0.25, 0.3) is 0 Å². The minimum absolute atomic E-state index is 0.162. The molecule has 1 aliphatic carbocycles. The molecule has 5 nitrogen and oxygen atoms in total. The highest BCUT2D eigenvalue weighted by Gasteiger charge is 2.40. The summed E-state index contributed by atoms with van der Waals surface area (Å²) in [5.74, 6) is 0.762. The number of aryl methyl sites for hydroxylation is 1. The smallest absolute Gasteiger partial charge is 0.254 e. The van der Waals surface area contributed by atoms with Crippen molar-refractivity contribution in [3.63, 3.8) is 0 Å². The Labute approximate surface area is 197 Å². The van der Waals surface area contributed by atoms with E-state index in [0.29, 0.717) is 18.0 Å². The van der Waals surface area contributed by atoms with Crippen LogP contribution >= 0.6 is 0 Å². The first-order chi connectivity index (χ1) is 16.1. The van der Waals surface area contributed by atoms with Gasteiger partial charge >= 0.3 is 0 Å². The second-order valence-electron chi connectivity index (χ2n) is 10.0. The van der Waals surface area contributed by atoms with Gasteiger partial charge in [0.05, 0.1) is 0 Å². The van der Waals surface area contributed by atoms with Crippen LogP contribution in [0.5, 0.6) is 0 Å². The molecule has 5 rings (SSSR count). The molecule has 33 heavy (non-hydrogen) atoms. The van der Waals surface area contributed by atoms with E-state index in [4.69, 9.17) is 0 Å². The van der Waals surface area contributed by atoms with E-state index in [0.717, 1.165) is 76.0 Å². The largest absolute Gasteiger partial charge is 0.339 e. The van der Waals surface area contributed by atoms with Crippen LogP contribution in [0.1, 0.15) is 53.6 Å². The number of hydrogen-bond donors (Lipinski definition) is 0. The predicted octanol–water partition coefficient (Wildman–Crippen LogP) is 4.11. The van der Waals surface area contributed by atoms with Crippen LogP contribution < -0.4 is 0 Å². The summed E-state index contributed by atoms with van der Waals surface area (Å²) >= 11 is 0. The summed E-state index contributed by atoms with van der Waals surface area (Å²) in [6, 6.07) is 19.1. The number of carbonyl (C=O) groups excluding carboxylic acids is 2. The Kier molecular flexibility index (Phi) is 6.50. The quantitative estimate of drug-likeness (QED) is 0.672. The molecule has 2 aliphatic heterocycles. The van der Waals surface area contributed by atoms with Gasteiger partial charge in [0.15, 0.2) is 0 Å². The molecule has 2 heterocycles. The molecule has 2 amide bonds. The lowest BCUT2D eigenvalue weighted by Gasteiger charge is -2.37. The molecule has 1 atom stereocenters. The van der Waals surface area contributed by atoms with E-state index in [2.05, 4.69) is 34.1 Å². The number of piperidine rings is 1. The van der Waals surface area contributed by atoms with Crippen molar-refractivity contribution in [3.05, 3.63) is 71.3 Å². The SMILES string of the molecule is Cc1ccccc1C(=O)N1CCC(N2CC[C@@H](N(Cc3ccccc3)C(=O)C3CC3)C2)CC1. The normalized spacial score (nSPS) is 21.8. The molecular weight excluding hydrogens is 410 g/mol. The van der Waals surface area contributed by atoms with Crippen LogP contribution in [0, 0.1) is 12.8 Å². The number of nitrogens with zero attached hydrogens (tertiary/aromatic N) is 3. The molecule has 2 aromatic carbocycles. The van der Waals surface area contributed by atoms with E-state index in [-0.39, 0.29) is 11.8 Å². The van der Waals surface area contributed by atoms with E-state index in [1.807, 2.05) is 42.2 Å². The number of likely N-dealkylation sites (tertiary alicyclic amines) is 2. The Hall–Kier alpha value is -2.66. The number of amides is 2. The lowest BCUT2D eigenvalue weighted by Crippen LogP contribution is -2.48. The van der Waals surface area contributed by atoms with Crippen molar-refractivity contribution in [2.24, 2.45) is 5.92 Å². The summed E-state index contributed by atoms with van der Waals surface area (Å²) in [7, 11) is 0. The summed E-state index contributed by atoms with van der Waals surface area (Å²) in [5.41, 5.74) is 3.09. The molecule has 1 saturated carbocycles. The first-order valence-electron chi connectivity index (χ1n) is 12.5. The Morgan fingerprint density at radius 2 is 1.58 bits per heavy atom. The van der Waals surface area contributed by atoms with Crippen LogP contribution in [0.2, 0.25) is 0 Å². The third-order valence-electron chi connectivity index (χ3n) is 7.68. The van der Waals surface area contributed by atoms with Gasteiger partial charge in [-0.25, -0.2) is 0 Å². The molecule has 0 N–H and O–H groups in total. The van der Waals surface area contributed by atoms with E-state index in [9.17, 15) is 9.59 Å². The zero-order valence-corrected chi connectivity index (χ0v) is 19.7. The van der Waals surface area contributed by atoms with Crippen LogP contribution in [0.4, 0.5) is 0 Å². The molecule has 2 saturated heterocycles. The highest BCUT2D eigenvalue weighted by atomic mass is 16.2. The lowest BCUT2D eigenvalue weighted by molar-refractivity contribution is -0.135. The molecule has 2 aromatic rings. The second kappa shape index (κ2) is 9.68. The number of rotatable bonds is 6. The third kappa shape index (κ3) is 4.98. The summed E-state index contributed by atoms with van der Waals surface area (Å²) in [6.45, 7) is 6.36. The van der Waals surface area contributed by atoms with Crippen LogP contribution in [0.15, 0.2) is 54.6 Å². The van der Waals surface area contributed by atoms with Gasteiger partial charge in [-0.3, -0.25) is 14.5 Å². The van der Waals surface area contributed by atoms with Crippen molar-refractivity contribution in [2.75, 3.05) is 26.2 Å². The van der Waals surface area contributed by atoms with E-state index >= 15 is 0 Å². The Morgan fingerprint density at radius 3 is 2.27 bits per heavy atom. The fourth-order valence-electron chi connectivity index (χ4n) is 5.50. The minimum Gasteiger partial charge on any atom is -0.339 e. The van der Waals surface area contributed by atoms with Gasteiger partial charge in [-0.05, 0) is 56.2 Å². The molecule has 0 spiro atoms. The fourth-order valence-corrected chi connectivity index (χ4v) is 5.50. The van der Waals surface area contributed by atoms with Gasteiger partial charge in [-0.2, -0.15) is 0 Å². The maximum Gasteiger partial charge on any atom is 0.254 e. The topological polar surface area (TPSA) is 43.9 Å². The van der Waals surface area contributed by atoms with Crippen molar-refractivity contribution < 1.29 is 9.59 Å². The first kappa shape index (κ1) is 22.1. The second-order valence-corrected chi connectivity index (χ2v) is 10.0. The van der Waals surface area contributed by atoms with Crippen LogP contribution in [0.3, 0.4) is 0 Å². The maximum atomic E-state index is 13.1. The standard InChI is InChI=1S/C28H35N3O2/c1-21-7-5-6-10-26(21)28(33)29-16-13-24(14-17-29)30-18-15-25(20-30)31(27(32)23-11-12-23)19-22-8-3-2-4-9-22/h2-10,23-25H,11-20H2,1H3/t25-/m1/s1. The third-order valence-corrected chi connectivity index (χ3v) is 7.68. The monoisotopic (exact) mass is 445 g/mol. The highest BCUT2D eigenvalue weighted by Crippen LogP contribution is 2.34. The van der Waals surface area contributed by atoms with E-state index < -0.39 is 0 Å². The van der Waals surface area contributed by atoms with Gasteiger partial charge in [0.1, 0.15) is 0 Å². The average molecular weight is 446 g/mol. The van der Waals surface area contributed by atoms with E-state index in [1.165, 1.54) is 5.56 Å². The van der Waals surface area contributed by atoms with Crippen molar-refractivity contribution in [3.8, 4) is 0 Å². The van der Waals surface area contributed by atoms with Crippen LogP contribution in [-0.2, 0) is 11.3 Å². The molecule has 3 fully saturated rings. The van der Waals surface area contributed by atoms with Gasteiger partial charge in [-0.1, -0.05) is 48.5 Å². The highest BCUT2D eigenvalue weighted by molar-refractivity contribution is 5.95. The first-order valence-corrected chi connectivity index (χ1v) is 12.5. The molecule has 0 unspecified atom stereocenters. The summed E-state index contributed by atoms with van der Waals surface area (Å²) in [6.07, 6.45) is 5.18. The van der Waals surface area contributed by atoms with Gasteiger partial charge in [0.25, 0.3) is 5.91 Å². The van der Waals surface area contributed by atoms with Gasteiger partial charge in [-0.15, -0.1) is 0 Å². The van der Waals surface area contributed by atoms with Gasteiger partial charge in [0, 0.05) is 56.3 Å². The van der Waals surface area contributed by atoms with Gasteiger partial charge in [0.2, 0.25) is 5.91 Å². The number of carbonyl (C=O) groups is 2. The average Bonchev–Trinajstić information content (AvgIpc) is 3.59. The van der Waals surface area contributed by atoms with Crippen molar-refractivity contribution in [1.82, 2.24) is 14.7 Å². The molecule has 0 aromatic heterocycles. The number of benzene rings is 2. The zero-order chi connectivity index (χ0) is 22.8. The minimum atomic E-state index is 0.162.